The lowest BCUT2D eigenvalue weighted by molar-refractivity contribution is -0.143. The second-order valence-electron chi connectivity index (χ2n) is 4.40. The van der Waals surface area contributed by atoms with E-state index in [1.807, 2.05) is 11.9 Å². The minimum absolute atomic E-state index is 0.0993. The van der Waals surface area contributed by atoms with Crippen molar-refractivity contribution in [3.63, 3.8) is 0 Å². The van der Waals surface area contributed by atoms with E-state index in [1.54, 1.807) is 0 Å². The molecule has 1 rings (SSSR count). The zero-order valence-electron chi connectivity index (χ0n) is 10.1. The molecule has 2 unspecified atom stereocenters. The molecule has 1 aliphatic heterocycles. The van der Waals surface area contributed by atoms with Crippen molar-refractivity contribution in [1.29, 1.82) is 0 Å². The van der Waals surface area contributed by atoms with Gasteiger partial charge >= 0.3 is 0 Å². The molecule has 1 amide bonds. The van der Waals surface area contributed by atoms with Crippen LogP contribution in [0.25, 0.3) is 0 Å². The largest absolute Gasteiger partial charge is 0.340 e. The van der Waals surface area contributed by atoms with Crippen LogP contribution in [-0.2, 0) is 4.79 Å². The van der Waals surface area contributed by atoms with Crippen LogP contribution in [0.15, 0.2) is 0 Å². The molecule has 0 aromatic carbocycles. The minimum Gasteiger partial charge on any atom is -0.340 e. The minimum atomic E-state index is -0.0993. The summed E-state index contributed by atoms with van der Waals surface area (Å²) in [6.07, 6.45) is 2.30. The van der Waals surface area contributed by atoms with E-state index in [0.29, 0.717) is 12.6 Å². The van der Waals surface area contributed by atoms with E-state index in [1.165, 1.54) is 0 Å². The molecule has 4 nitrogen and oxygen atoms in total. The molecule has 1 aliphatic rings. The van der Waals surface area contributed by atoms with Crippen LogP contribution in [0.1, 0.15) is 26.7 Å². The predicted octanol–water partition coefficient (Wildman–Crippen LogP) is 0.276. The van der Waals surface area contributed by atoms with Gasteiger partial charge in [-0.1, -0.05) is 13.3 Å². The Balaban J connectivity index is 2.64. The molecule has 15 heavy (non-hydrogen) atoms. The predicted molar refractivity (Wildman–Crippen MR) is 61.6 cm³/mol. The molecule has 2 N–H and O–H groups in total. The first-order valence-electron chi connectivity index (χ1n) is 5.82. The van der Waals surface area contributed by atoms with Crippen molar-refractivity contribution in [2.75, 3.05) is 26.7 Å². The first-order chi connectivity index (χ1) is 7.11. The first kappa shape index (κ1) is 12.5. The Labute approximate surface area is 92.4 Å². The normalized spacial score (nSPS) is 28.5. The standard InChI is InChI=1S/C11H23N3O/c1-4-5-6-14-8-9(2)13(3)11(15)10(14)7-12/h9-10H,4-8,12H2,1-3H3. The van der Waals surface area contributed by atoms with Crippen molar-refractivity contribution >= 4 is 5.91 Å². The van der Waals surface area contributed by atoms with Crippen LogP contribution in [-0.4, -0.2) is 54.5 Å². The summed E-state index contributed by atoms with van der Waals surface area (Å²) < 4.78 is 0. The smallest absolute Gasteiger partial charge is 0.241 e. The Morgan fingerprint density at radius 1 is 1.53 bits per heavy atom. The average Bonchev–Trinajstić information content (AvgIpc) is 2.23. The average molecular weight is 213 g/mol. The summed E-state index contributed by atoms with van der Waals surface area (Å²) in [7, 11) is 1.87. The topological polar surface area (TPSA) is 49.6 Å². The van der Waals surface area contributed by atoms with Gasteiger partial charge in [0.1, 0.15) is 6.04 Å². The number of rotatable bonds is 4. The third-order valence-electron chi connectivity index (χ3n) is 3.26. The van der Waals surface area contributed by atoms with Gasteiger partial charge in [-0.3, -0.25) is 9.69 Å². The van der Waals surface area contributed by atoms with E-state index in [9.17, 15) is 4.79 Å². The number of hydrogen-bond donors (Lipinski definition) is 1. The van der Waals surface area contributed by atoms with Crippen LogP contribution < -0.4 is 5.73 Å². The van der Waals surface area contributed by atoms with Crippen molar-refractivity contribution < 1.29 is 4.79 Å². The second-order valence-corrected chi connectivity index (χ2v) is 4.40. The van der Waals surface area contributed by atoms with Crippen LogP contribution >= 0.6 is 0 Å². The van der Waals surface area contributed by atoms with E-state index in [0.717, 1.165) is 25.9 Å². The molecule has 0 aromatic heterocycles. The molecule has 2 atom stereocenters. The summed E-state index contributed by atoms with van der Waals surface area (Å²) in [4.78, 5) is 16.0. The second kappa shape index (κ2) is 5.47. The van der Waals surface area contributed by atoms with Gasteiger partial charge in [0.15, 0.2) is 0 Å². The maximum atomic E-state index is 11.9. The van der Waals surface area contributed by atoms with Gasteiger partial charge in [0.2, 0.25) is 5.91 Å². The summed E-state index contributed by atoms with van der Waals surface area (Å²) in [5.41, 5.74) is 5.67. The van der Waals surface area contributed by atoms with Crippen LogP contribution in [0.2, 0.25) is 0 Å². The molecular weight excluding hydrogens is 190 g/mol. The third kappa shape index (κ3) is 2.69. The highest BCUT2D eigenvalue weighted by Crippen LogP contribution is 2.15. The van der Waals surface area contributed by atoms with E-state index in [4.69, 9.17) is 5.73 Å². The monoisotopic (exact) mass is 213 g/mol. The quantitative estimate of drug-likeness (QED) is 0.729. The lowest BCUT2D eigenvalue weighted by atomic mass is 10.1. The van der Waals surface area contributed by atoms with Gasteiger partial charge in [-0.2, -0.15) is 0 Å². The van der Waals surface area contributed by atoms with Crippen molar-refractivity contribution in [2.24, 2.45) is 5.73 Å². The lowest BCUT2D eigenvalue weighted by Gasteiger charge is -2.42. The summed E-state index contributed by atoms with van der Waals surface area (Å²) in [6.45, 7) is 6.62. The van der Waals surface area contributed by atoms with Crippen LogP contribution in [0, 0.1) is 0 Å². The van der Waals surface area contributed by atoms with Gasteiger partial charge in [0.25, 0.3) is 0 Å². The Morgan fingerprint density at radius 2 is 2.20 bits per heavy atom. The number of nitrogens with zero attached hydrogens (tertiary/aromatic N) is 2. The van der Waals surface area contributed by atoms with Crippen LogP contribution in [0.3, 0.4) is 0 Å². The highest BCUT2D eigenvalue weighted by molar-refractivity contribution is 5.83. The molecular formula is C11H23N3O. The maximum Gasteiger partial charge on any atom is 0.241 e. The summed E-state index contributed by atoms with van der Waals surface area (Å²) in [5, 5.41) is 0. The summed E-state index contributed by atoms with van der Waals surface area (Å²) >= 11 is 0. The fourth-order valence-electron chi connectivity index (χ4n) is 2.06. The first-order valence-corrected chi connectivity index (χ1v) is 5.82. The van der Waals surface area contributed by atoms with Crippen molar-refractivity contribution in [2.45, 2.75) is 38.8 Å². The third-order valence-corrected chi connectivity index (χ3v) is 3.26. The highest BCUT2D eigenvalue weighted by atomic mass is 16.2. The fourth-order valence-corrected chi connectivity index (χ4v) is 2.06. The number of amides is 1. The van der Waals surface area contributed by atoms with Crippen molar-refractivity contribution in [3.05, 3.63) is 0 Å². The molecule has 1 heterocycles. The molecule has 0 saturated carbocycles. The van der Waals surface area contributed by atoms with Gasteiger partial charge < -0.3 is 10.6 Å². The number of carbonyl (C=O) groups is 1. The van der Waals surface area contributed by atoms with Gasteiger partial charge in [0.05, 0.1) is 0 Å². The van der Waals surface area contributed by atoms with Gasteiger partial charge in [0, 0.05) is 26.2 Å². The SMILES string of the molecule is CCCCN1CC(C)N(C)C(=O)C1CN. The zero-order valence-corrected chi connectivity index (χ0v) is 10.1. The number of piperazine rings is 1. The molecule has 1 saturated heterocycles. The van der Waals surface area contributed by atoms with Crippen LogP contribution in [0.4, 0.5) is 0 Å². The molecule has 88 valence electrons. The molecule has 0 aromatic rings. The number of nitrogens with two attached hydrogens (primary N) is 1. The lowest BCUT2D eigenvalue weighted by Crippen LogP contribution is -2.61. The van der Waals surface area contributed by atoms with E-state index in [2.05, 4.69) is 18.7 Å². The molecule has 1 fully saturated rings. The van der Waals surface area contributed by atoms with Crippen molar-refractivity contribution in [1.82, 2.24) is 9.80 Å². The maximum absolute atomic E-state index is 11.9. The van der Waals surface area contributed by atoms with Gasteiger partial charge in [-0.15, -0.1) is 0 Å². The summed E-state index contributed by atoms with van der Waals surface area (Å²) in [5.74, 6) is 0.173. The highest BCUT2D eigenvalue weighted by Gasteiger charge is 2.35. The Kier molecular flexibility index (Phi) is 4.54. The molecule has 0 bridgehead atoms. The number of carbonyl (C=O) groups excluding carboxylic acids is 1. The molecule has 0 spiro atoms. The zero-order chi connectivity index (χ0) is 11.4. The Morgan fingerprint density at radius 3 is 2.73 bits per heavy atom. The Bertz CT molecular complexity index is 220. The van der Waals surface area contributed by atoms with E-state index >= 15 is 0 Å². The molecule has 0 aliphatic carbocycles. The van der Waals surface area contributed by atoms with Gasteiger partial charge in [-0.25, -0.2) is 0 Å². The fraction of sp³-hybridized carbons (Fsp3) is 0.909. The number of unbranched alkanes of at least 4 members (excludes halogenated alkanes) is 1. The van der Waals surface area contributed by atoms with E-state index in [-0.39, 0.29) is 11.9 Å². The van der Waals surface area contributed by atoms with Crippen LogP contribution in [0.5, 0.6) is 0 Å². The summed E-state index contributed by atoms with van der Waals surface area (Å²) in [6, 6.07) is 0.204. The Hall–Kier alpha value is -0.610. The number of hydrogen-bond acceptors (Lipinski definition) is 3. The van der Waals surface area contributed by atoms with Crippen molar-refractivity contribution in [3.8, 4) is 0 Å². The number of likely N-dealkylation sites (N-methyl/N-ethyl adjacent to an activating group) is 1. The van der Waals surface area contributed by atoms with E-state index < -0.39 is 0 Å². The molecule has 4 heteroatoms. The molecule has 0 radical (unpaired) electrons. The van der Waals surface area contributed by atoms with Gasteiger partial charge in [-0.05, 0) is 19.9 Å².